The van der Waals surface area contributed by atoms with Crippen LogP contribution in [0.25, 0.3) is 0 Å². The van der Waals surface area contributed by atoms with Gasteiger partial charge in [-0.15, -0.1) is 11.6 Å². The Morgan fingerprint density at radius 1 is 1.14 bits per heavy atom. The van der Waals surface area contributed by atoms with E-state index in [1.807, 2.05) is 18.2 Å². The lowest BCUT2D eigenvalue weighted by atomic mass is 10.1. The molecule has 1 N–H and O–H groups in total. The van der Waals surface area contributed by atoms with Crippen LogP contribution < -0.4 is 0 Å². The summed E-state index contributed by atoms with van der Waals surface area (Å²) < 4.78 is 1.72. The number of allylic oxidation sites excluding steroid dienone is 1. The van der Waals surface area contributed by atoms with Crippen molar-refractivity contribution in [2.45, 2.75) is 59.8 Å². The highest BCUT2D eigenvalue weighted by atomic mass is 79.9. The molecule has 0 aromatic heterocycles. The summed E-state index contributed by atoms with van der Waals surface area (Å²) in [4.78, 5) is 11.1. The molecule has 0 unspecified atom stereocenters. The van der Waals surface area contributed by atoms with E-state index in [0.717, 1.165) is 36.4 Å². The van der Waals surface area contributed by atoms with Crippen molar-refractivity contribution in [2.24, 2.45) is 0 Å². The fourth-order valence-electron chi connectivity index (χ4n) is 2.94. The van der Waals surface area contributed by atoms with Crippen molar-refractivity contribution in [3.05, 3.63) is 46.0 Å². The molecule has 0 saturated carbocycles. The second-order valence-electron chi connectivity index (χ2n) is 7.28. The topological polar surface area (TPSA) is 37.3 Å². The quantitative estimate of drug-likeness (QED) is 0.158. The van der Waals surface area contributed by atoms with Gasteiger partial charge < -0.3 is 9.59 Å². The number of carbonyl (C=O) groups is 1. The van der Waals surface area contributed by atoms with Crippen LogP contribution in [0.4, 0.5) is 0 Å². The Kier molecular flexibility index (Phi) is 15.5. The summed E-state index contributed by atoms with van der Waals surface area (Å²) in [6, 6.07) is 8.21. The molecular formula is C23H38BrClNO2+. The van der Waals surface area contributed by atoms with Crippen molar-refractivity contribution < 1.29 is 14.4 Å². The van der Waals surface area contributed by atoms with Gasteiger partial charge in [0, 0.05) is 10.4 Å². The summed E-state index contributed by atoms with van der Waals surface area (Å²) in [7, 11) is 0. The van der Waals surface area contributed by atoms with Crippen LogP contribution in [0.2, 0.25) is 0 Å². The minimum Gasteiger partial charge on any atom is -0.477 e. The third kappa shape index (κ3) is 11.9. The van der Waals surface area contributed by atoms with E-state index in [4.69, 9.17) is 16.7 Å². The largest absolute Gasteiger partial charge is 0.477 e. The maximum atomic E-state index is 11.1. The van der Waals surface area contributed by atoms with Crippen molar-refractivity contribution in [2.75, 3.05) is 32.1 Å². The van der Waals surface area contributed by atoms with E-state index in [1.165, 1.54) is 36.8 Å². The predicted molar refractivity (Wildman–Crippen MR) is 125 cm³/mol. The zero-order valence-electron chi connectivity index (χ0n) is 18.0. The van der Waals surface area contributed by atoms with Crippen LogP contribution in [-0.4, -0.2) is 47.6 Å². The van der Waals surface area contributed by atoms with Gasteiger partial charge in [-0.1, -0.05) is 65.9 Å². The highest BCUT2D eigenvalue weighted by molar-refractivity contribution is 9.10. The molecule has 0 amide bonds. The molecule has 0 bridgehead atoms. The minimum atomic E-state index is -0.726. The third-order valence-electron chi connectivity index (χ3n) is 5.05. The van der Waals surface area contributed by atoms with Crippen LogP contribution in [0.3, 0.4) is 0 Å². The molecule has 1 aromatic rings. The molecule has 0 fully saturated rings. The lowest BCUT2D eigenvalue weighted by molar-refractivity contribution is -0.912. The number of quaternary nitrogens is 1. The number of halogens is 2. The number of carboxylic acid groups (broad SMARTS) is 1. The van der Waals surface area contributed by atoms with Gasteiger partial charge in [0.2, 0.25) is 0 Å². The molecule has 1 rings (SSSR count). The second-order valence-corrected chi connectivity index (χ2v) is 8.51. The maximum Gasteiger partial charge on any atom is 0.359 e. The highest BCUT2D eigenvalue weighted by Crippen LogP contribution is 2.19. The number of rotatable bonds is 12. The Bertz CT molecular complexity index is 582. The Morgan fingerprint density at radius 2 is 1.79 bits per heavy atom. The van der Waals surface area contributed by atoms with E-state index in [2.05, 4.69) is 55.8 Å². The van der Waals surface area contributed by atoms with Gasteiger partial charge in [0.25, 0.3) is 0 Å². The van der Waals surface area contributed by atoms with Crippen molar-refractivity contribution in [3.63, 3.8) is 0 Å². The molecule has 0 radical (unpaired) electrons. The number of unbranched alkanes of at least 4 members (excludes halogenated alkanes) is 3. The molecular weight excluding hydrogens is 438 g/mol. The lowest BCUT2D eigenvalue weighted by Gasteiger charge is -2.34. The first-order chi connectivity index (χ1) is 13.3. The molecule has 0 spiro atoms. The summed E-state index contributed by atoms with van der Waals surface area (Å²) in [6.45, 7) is 11.1. The molecule has 3 nitrogen and oxygen atoms in total. The van der Waals surface area contributed by atoms with Gasteiger partial charge in [-0.25, -0.2) is 4.79 Å². The zero-order chi connectivity index (χ0) is 21.4. The lowest BCUT2D eigenvalue weighted by Crippen LogP contribution is -2.51. The number of alkyl halides is 1. The Morgan fingerprint density at radius 3 is 2.29 bits per heavy atom. The SMILES string of the molecule is CCCCCCCl.CC[N+](CC)(C/C=C(/C)Cc1ccccc1Br)CC(=O)O. The number of likely N-dealkylation sites (N-methyl/N-ethyl adjacent to an activating group) is 1. The standard InChI is InChI=1S/C17H24BrNO2.C6H13Cl/c1-4-19(5-2,13-17(20)21)11-10-14(3)12-15-8-6-7-9-16(15)18;1-2-3-4-5-6-7/h6-10H,4-5,11-13H2,1-3H3;2-6H2,1H3/p+1/b14-10-;. The van der Waals surface area contributed by atoms with Crippen LogP contribution in [0, 0.1) is 0 Å². The molecule has 0 aliphatic rings. The molecule has 28 heavy (non-hydrogen) atoms. The van der Waals surface area contributed by atoms with E-state index in [-0.39, 0.29) is 6.54 Å². The third-order valence-corrected chi connectivity index (χ3v) is 6.09. The van der Waals surface area contributed by atoms with Crippen molar-refractivity contribution >= 4 is 33.5 Å². The Balaban J connectivity index is 0.000000887. The van der Waals surface area contributed by atoms with E-state index >= 15 is 0 Å². The van der Waals surface area contributed by atoms with Crippen LogP contribution in [-0.2, 0) is 11.2 Å². The fourth-order valence-corrected chi connectivity index (χ4v) is 3.56. The van der Waals surface area contributed by atoms with E-state index in [1.54, 1.807) is 0 Å². The first-order valence-electron chi connectivity index (χ1n) is 10.4. The normalized spacial score (nSPS) is 11.7. The van der Waals surface area contributed by atoms with Crippen LogP contribution in [0.5, 0.6) is 0 Å². The molecule has 5 heteroatoms. The Labute approximate surface area is 185 Å². The number of aliphatic carboxylic acids is 1. The smallest absolute Gasteiger partial charge is 0.359 e. The van der Waals surface area contributed by atoms with E-state index < -0.39 is 5.97 Å². The van der Waals surface area contributed by atoms with Crippen LogP contribution in [0.15, 0.2) is 40.4 Å². The number of nitrogens with zero attached hydrogens (tertiary/aromatic N) is 1. The molecule has 0 aliphatic carbocycles. The van der Waals surface area contributed by atoms with Gasteiger partial charge in [-0.3, -0.25) is 0 Å². The second kappa shape index (κ2) is 16.0. The first-order valence-corrected chi connectivity index (χ1v) is 11.7. The van der Waals surface area contributed by atoms with Gasteiger partial charge >= 0.3 is 5.97 Å². The fraction of sp³-hybridized carbons (Fsp3) is 0.609. The van der Waals surface area contributed by atoms with Crippen molar-refractivity contribution in [1.82, 2.24) is 0 Å². The molecule has 0 saturated heterocycles. The van der Waals surface area contributed by atoms with Gasteiger partial charge in [0.1, 0.15) is 0 Å². The highest BCUT2D eigenvalue weighted by Gasteiger charge is 2.25. The molecule has 0 heterocycles. The van der Waals surface area contributed by atoms with Crippen molar-refractivity contribution in [3.8, 4) is 0 Å². The predicted octanol–water partition coefficient (Wildman–Crippen LogP) is 6.68. The monoisotopic (exact) mass is 474 g/mol. The van der Waals surface area contributed by atoms with Crippen LogP contribution in [0.1, 0.15) is 58.9 Å². The summed E-state index contributed by atoms with van der Waals surface area (Å²) >= 11 is 9.00. The molecule has 0 atom stereocenters. The maximum absolute atomic E-state index is 11.1. The summed E-state index contributed by atoms with van der Waals surface area (Å²) in [5.41, 5.74) is 2.53. The number of carboxylic acids is 1. The Hall–Kier alpha value is -0.840. The average molecular weight is 476 g/mol. The van der Waals surface area contributed by atoms with Gasteiger partial charge in [0.05, 0.1) is 19.6 Å². The van der Waals surface area contributed by atoms with E-state index in [9.17, 15) is 4.79 Å². The molecule has 1 aromatic carbocycles. The van der Waals surface area contributed by atoms with Gasteiger partial charge in [0.15, 0.2) is 6.54 Å². The zero-order valence-corrected chi connectivity index (χ0v) is 20.4. The number of benzene rings is 1. The molecule has 0 aliphatic heterocycles. The molecule has 160 valence electrons. The summed E-state index contributed by atoms with van der Waals surface area (Å²) in [5, 5.41) is 9.11. The summed E-state index contributed by atoms with van der Waals surface area (Å²) in [5.74, 6) is 0.107. The minimum absolute atomic E-state index is 0.186. The van der Waals surface area contributed by atoms with Crippen molar-refractivity contribution in [1.29, 1.82) is 0 Å². The van der Waals surface area contributed by atoms with Gasteiger partial charge in [-0.05, 0) is 51.3 Å². The van der Waals surface area contributed by atoms with Crippen LogP contribution >= 0.6 is 27.5 Å². The number of hydrogen-bond donors (Lipinski definition) is 1. The van der Waals surface area contributed by atoms with E-state index in [0.29, 0.717) is 4.48 Å². The summed E-state index contributed by atoms with van der Waals surface area (Å²) in [6.07, 6.45) is 8.22. The van der Waals surface area contributed by atoms with Gasteiger partial charge in [-0.2, -0.15) is 0 Å². The average Bonchev–Trinajstić information content (AvgIpc) is 2.68. The first kappa shape index (κ1) is 27.2. The number of hydrogen-bond acceptors (Lipinski definition) is 1.